The summed E-state index contributed by atoms with van der Waals surface area (Å²) in [6.45, 7) is 0. The minimum Gasteiger partial charge on any atom is -0.385 e. The highest BCUT2D eigenvalue weighted by atomic mass is 19.1. The van der Waals surface area contributed by atoms with Crippen LogP contribution in [0.5, 0.6) is 0 Å². The number of halogens is 2. The van der Waals surface area contributed by atoms with E-state index in [1.54, 1.807) is 0 Å². The summed E-state index contributed by atoms with van der Waals surface area (Å²) >= 11 is 0. The van der Waals surface area contributed by atoms with Crippen LogP contribution in [0.25, 0.3) is 0 Å². The molecule has 16 heavy (non-hydrogen) atoms. The lowest BCUT2D eigenvalue weighted by Gasteiger charge is -2.27. The van der Waals surface area contributed by atoms with E-state index in [1.165, 1.54) is 18.2 Å². The van der Waals surface area contributed by atoms with Gasteiger partial charge in [0.15, 0.2) is 0 Å². The molecule has 0 aromatic heterocycles. The molecule has 0 atom stereocenters. The van der Waals surface area contributed by atoms with Gasteiger partial charge in [-0.1, -0.05) is 31.7 Å². The highest BCUT2D eigenvalue weighted by Gasteiger charge is 2.35. The summed E-state index contributed by atoms with van der Waals surface area (Å²) in [5.41, 5.74) is -1.46. The summed E-state index contributed by atoms with van der Waals surface area (Å²) < 4.78 is 27.2. The van der Waals surface area contributed by atoms with Crippen molar-refractivity contribution in [2.75, 3.05) is 0 Å². The van der Waals surface area contributed by atoms with Gasteiger partial charge in [0.25, 0.3) is 0 Å². The van der Waals surface area contributed by atoms with E-state index < -0.39 is 17.2 Å². The van der Waals surface area contributed by atoms with Gasteiger partial charge in [-0.2, -0.15) is 0 Å². The van der Waals surface area contributed by atoms with E-state index in [-0.39, 0.29) is 5.56 Å². The second kappa shape index (κ2) is 4.50. The Bertz CT molecular complexity index is 348. The molecule has 0 radical (unpaired) electrons. The Balaban J connectivity index is 2.40. The Hall–Kier alpha value is -0.960. The summed E-state index contributed by atoms with van der Waals surface area (Å²) in [6.07, 6.45) is 4.60. The Morgan fingerprint density at radius 2 is 1.44 bits per heavy atom. The summed E-state index contributed by atoms with van der Waals surface area (Å²) in [4.78, 5) is 0. The molecule has 3 heteroatoms. The van der Waals surface area contributed by atoms with Crippen LogP contribution in [0.2, 0.25) is 0 Å². The van der Waals surface area contributed by atoms with Crippen molar-refractivity contribution in [1.29, 1.82) is 0 Å². The minimum atomic E-state index is -1.31. The van der Waals surface area contributed by atoms with Crippen LogP contribution in [0.3, 0.4) is 0 Å². The molecule has 1 nitrogen and oxygen atoms in total. The number of aliphatic hydroxyl groups is 1. The second-order valence-electron chi connectivity index (χ2n) is 4.54. The van der Waals surface area contributed by atoms with Crippen molar-refractivity contribution in [1.82, 2.24) is 0 Å². The number of benzene rings is 1. The fourth-order valence-corrected chi connectivity index (χ4v) is 2.51. The average Bonchev–Trinajstić information content (AvgIpc) is 2.43. The predicted octanol–water partition coefficient (Wildman–Crippen LogP) is 3.51. The molecule has 1 saturated carbocycles. The Morgan fingerprint density at radius 3 is 1.94 bits per heavy atom. The van der Waals surface area contributed by atoms with Gasteiger partial charge in [0, 0.05) is 0 Å². The van der Waals surface area contributed by atoms with Gasteiger partial charge in [-0.3, -0.25) is 0 Å². The Labute approximate surface area is 94.1 Å². The molecule has 0 amide bonds. The van der Waals surface area contributed by atoms with E-state index in [2.05, 4.69) is 0 Å². The van der Waals surface area contributed by atoms with Crippen LogP contribution in [0.1, 0.15) is 44.1 Å². The van der Waals surface area contributed by atoms with E-state index in [0.717, 1.165) is 25.7 Å². The fourth-order valence-electron chi connectivity index (χ4n) is 2.51. The van der Waals surface area contributed by atoms with E-state index in [4.69, 9.17) is 0 Å². The largest absolute Gasteiger partial charge is 0.385 e. The van der Waals surface area contributed by atoms with Crippen molar-refractivity contribution < 1.29 is 13.9 Å². The van der Waals surface area contributed by atoms with Gasteiger partial charge in [0.1, 0.15) is 11.6 Å². The second-order valence-corrected chi connectivity index (χ2v) is 4.54. The monoisotopic (exact) mass is 226 g/mol. The fraction of sp³-hybridized carbons (Fsp3) is 0.538. The van der Waals surface area contributed by atoms with Gasteiger partial charge in [-0.15, -0.1) is 0 Å². The highest BCUT2D eigenvalue weighted by molar-refractivity contribution is 5.26. The summed E-state index contributed by atoms with van der Waals surface area (Å²) in [7, 11) is 0. The lowest BCUT2D eigenvalue weighted by atomic mass is 9.86. The van der Waals surface area contributed by atoms with Crippen LogP contribution in [-0.2, 0) is 5.60 Å². The van der Waals surface area contributed by atoms with Crippen molar-refractivity contribution >= 4 is 0 Å². The summed E-state index contributed by atoms with van der Waals surface area (Å²) in [5.74, 6) is -1.27. The van der Waals surface area contributed by atoms with E-state index in [0.29, 0.717) is 12.8 Å². The maximum absolute atomic E-state index is 13.6. The summed E-state index contributed by atoms with van der Waals surface area (Å²) in [5, 5.41) is 10.4. The lowest BCUT2D eigenvalue weighted by molar-refractivity contribution is 0.0137. The number of hydrogen-bond donors (Lipinski definition) is 1. The van der Waals surface area contributed by atoms with Crippen molar-refractivity contribution in [3.63, 3.8) is 0 Å². The third-order valence-corrected chi connectivity index (χ3v) is 3.36. The zero-order valence-corrected chi connectivity index (χ0v) is 9.18. The lowest BCUT2D eigenvalue weighted by Crippen LogP contribution is -2.27. The topological polar surface area (TPSA) is 20.2 Å². The molecule has 1 aromatic rings. The summed E-state index contributed by atoms with van der Waals surface area (Å²) in [6, 6.07) is 3.75. The van der Waals surface area contributed by atoms with Crippen molar-refractivity contribution in [3.05, 3.63) is 35.4 Å². The van der Waals surface area contributed by atoms with Gasteiger partial charge >= 0.3 is 0 Å². The first-order chi connectivity index (χ1) is 7.63. The molecule has 0 bridgehead atoms. The van der Waals surface area contributed by atoms with Gasteiger partial charge in [0.05, 0.1) is 11.2 Å². The van der Waals surface area contributed by atoms with Crippen LogP contribution < -0.4 is 0 Å². The van der Waals surface area contributed by atoms with Crippen LogP contribution in [0.4, 0.5) is 8.78 Å². The first-order valence-electron chi connectivity index (χ1n) is 5.80. The maximum atomic E-state index is 13.6. The highest BCUT2D eigenvalue weighted by Crippen LogP contribution is 2.38. The molecule has 88 valence electrons. The molecule has 1 aliphatic carbocycles. The molecule has 1 N–H and O–H groups in total. The van der Waals surface area contributed by atoms with E-state index in [9.17, 15) is 13.9 Å². The molecule has 0 saturated heterocycles. The van der Waals surface area contributed by atoms with Crippen LogP contribution in [-0.4, -0.2) is 5.11 Å². The molecular formula is C13H16F2O. The quantitative estimate of drug-likeness (QED) is 0.726. The van der Waals surface area contributed by atoms with Gasteiger partial charge in [-0.25, -0.2) is 8.78 Å². The number of hydrogen-bond acceptors (Lipinski definition) is 1. The molecule has 1 aromatic carbocycles. The molecular weight excluding hydrogens is 210 g/mol. The van der Waals surface area contributed by atoms with E-state index >= 15 is 0 Å². The minimum absolute atomic E-state index is 0.142. The first-order valence-corrected chi connectivity index (χ1v) is 5.80. The Kier molecular flexibility index (Phi) is 3.24. The van der Waals surface area contributed by atoms with Crippen LogP contribution in [0, 0.1) is 11.6 Å². The van der Waals surface area contributed by atoms with E-state index in [1.807, 2.05) is 0 Å². The van der Waals surface area contributed by atoms with Crippen LogP contribution in [0.15, 0.2) is 18.2 Å². The van der Waals surface area contributed by atoms with Gasteiger partial charge < -0.3 is 5.11 Å². The third kappa shape index (κ3) is 2.09. The molecule has 2 rings (SSSR count). The first kappa shape index (κ1) is 11.5. The SMILES string of the molecule is OC1(c2c(F)cccc2F)CCCCCC1. The zero-order valence-electron chi connectivity index (χ0n) is 9.18. The number of rotatable bonds is 1. The molecule has 0 heterocycles. The van der Waals surface area contributed by atoms with Crippen molar-refractivity contribution in [2.45, 2.75) is 44.1 Å². The molecule has 0 spiro atoms. The zero-order chi connectivity index (χ0) is 11.6. The smallest absolute Gasteiger partial charge is 0.132 e. The van der Waals surface area contributed by atoms with Gasteiger partial charge in [0.2, 0.25) is 0 Å². The molecule has 1 fully saturated rings. The Morgan fingerprint density at radius 1 is 0.938 bits per heavy atom. The standard InChI is InChI=1S/C13H16F2O/c14-10-6-5-7-11(15)12(10)13(16)8-3-1-2-4-9-13/h5-7,16H,1-4,8-9H2. The normalized spacial score (nSPS) is 20.4. The van der Waals surface area contributed by atoms with Crippen molar-refractivity contribution in [3.8, 4) is 0 Å². The molecule has 0 unspecified atom stereocenters. The van der Waals surface area contributed by atoms with Crippen LogP contribution >= 0.6 is 0 Å². The maximum Gasteiger partial charge on any atom is 0.132 e. The van der Waals surface area contributed by atoms with Crippen molar-refractivity contribution in [2.24, 2.45) is 0 Å². The molecule has 0 aliphatic heterocycles. The average molecular weight is 226 g/mol. The van der Waals surface area contributed by atoms with Gasteiger partial charge in [-0.05, 0) is 25.0 Å². The molecule has 1 aliphatic rings. The third-order valence-electron chi connectivity index (χ3n) is 3.36. The predicted molar refractivity (Wildman–Crippen MR) is 58.0 cm³/mol.